The SMILES string of the molecule is CCOCc1cc(CN2C[C@@H]3[C@H](CNC(C)=O)[C@H]4CC[C@]3(C2)O4)ccc1OC. The van der Waals surface area contributed by atoms with Gasteiger partial charge in [-0.15, -0.1) is 0 Å². The number of hydrogen-bond acceptors (Lipinski definition) is 5. The van der Waals surface area contributed by atoms with E-state index in [2.05, 4.69) is 22.3 Å². The first-order valence-corrected chi connectivity index (χ1v) is 10.4. The number of carbonyl (C=O) groups is 1. The largest absolute Gasteiger partial charge is 0.496 e. The molecule has 3 saturated heterocycles. The van der Waals surface area contributed by atoms with Crippen molar-refractivity contribution in [1.82, 2.24) is 10.2 Å². The molecule has 6 nitrogen and oxygen atoms in total. The van der Waals surface area contributed by atoms with E-state index in [0.717, 1.165) is 50.3 Å². The minimum atomic E-state index is -0.00553. The van der Waals surface area contributed by atoms with E-state index in [9.17, 15) is 4.79 Å². The van der Waals surface area contributed by atoms with Gasteiger partial charge in [0.05, 0.1) is 25.4 Å². The third-order valence-corrected chi connectivity index (χ3v) is 6.65. The van der Waals surface area contributed by atoms with E-state index in [1.165, 1.54) is 5.56 Å². The lowest BCUT2D eigenvalue weighted by Crippen LogP contribution is -2.41. The van der Waals surface area contributed by atoms with Gasteiger partial charge in [0.2, 0.25) is 5.91 Å². The summed E-state index contributed by atoms with van der Waals surface area (Å²) in [5, 5.41) is 3.02. The molecule has 1 aromatic rings. The maximum absolute atomic E-state index is 11.4. The number of fused-ring (bicyclic) bond motifs is 1. The monoisotopic (exact) mass is 388 g/mol. The van der Waals surface area contributed by atoms with Crippen molar-refractivity contribution in [3.8, 4) is 5.75 Å². The van der Waals surface area contributed by atoms with Crippen LogP contribution in [0, 0.1) is 11.8 Å². The molecular formula is C22H32N2O4. The molecule has 0 saturated carbocycles. The summed E-state index contributed by atoms with van der Waals surface area (Å²) in [5.41, 5.74) is 2.37. The van der Waals surface area contributed by atoms with E-state index in [4.69, 9.17) is 14.2 Å². The maximum atomic E-state index is 11.4. The second kappa shape index (κ2) is 8.01. The Bertz CT molecular complexity index is 724. The predicted molar refractivity (Wildman–Crippen MR) is 106 cm³/mol. The smallest absolute Gasteiger partial charge is 0.216 e. The van der Waals surface area contributed by atoms with E-state index >= 15 is 0 Å². The summed E-state index contributed by atoms with van der Waals surface area (Å²) in [7, 11) is 1.70. The zero-order valence-corrected chi connectivity index (χ0v) is 17.2. The lowest BCUT2D eigenvalue weighted by molar-refractivity contribution is -0.119. The van der Waals surface area contributed by atoms with Crippen molar-refractivity contribution in [3.63, 3.8) is 0 Å². The van der Waals surface area contributed by atoms with Crippen LogP contribution in [0.5, 0.6) is 5.75 Å². The first-order valence-electron chi connectivity index (χ1n) is 10.4. The van der Waals surface area contributed by atoms with Gasteiger partial charge in [0.15, 0.2) is 0 Å². The van der Waals surface area contributed by atoms with Crippen molar-refractivity contribution in [2.45, 2.75) is 51.5 Å². The third kappa shape index (κ3) is 3.65. The highest BCUT2D eigenvalue weighted by Crippen LogP contribution is 2.54. The van der Waals surface area contributed by atoms with Gasteiger partial charge in [-0.25, -0.2) is 0 Å². The van der Waals surface area contributed by atoms with Gasteiger partial charge in [-0.1, -0.05) is 6.07 Å². The number of ether oxygens (including phenoxy) is 3. The highest BCUT2D eigenvalue weighted by atomic mass is 16.5. The normalized spacial score (nSPS) is 31.2. The lowest BCUT2D eigenvalue weighted by atomic mass is 9.73. The van der Waals surface area contributed by atoms with Crippen LogP contribution >= 0.6 is 0 Å². The molecule has 1 amide bonds. The summed E-state index contributed by atoms with van der Waals surface area (Å²) in [6.07, 6.45) is 2.58. The molecule has 0 radical (unpaired) electrons. The van der Waals surface area contributed by atoms with Crippen molar-refractivity contribution in [2.75, 3.05) is 33.4 Å². The van der Waals surface area contributed by atoms with Crippen LogP contribution in [0.2, 0.25) is 0 Å². The van der Waals surface area contributed by atoms with Gasteiger partial charge >= 0.3 is 0 Å². The van der Waals surface area contributed by atoms with E-state index in [-0.39, 0.29) is 11.5 Å². The summed E-state index contributed by atoms with van der Waals surface area (Å²) < 4.78 is 17.6. The van der Waals surface area contributed by atoms with Gasteiger partial charge in [-0.05, 0) is 37.5 Å². The first kappa shape index (κ1) is 19.7. The number of rotatable bonds is 8. The standard InChI is InChI=1S/C22H32N2O4/c1-4-27-13-17-9-16(5-6-20(17)26-3)11-24-12-19-18(10-23-15(2)25)21-7-8-22(19,14-24)28-21/h5-6,9,18-19,21H,4,7-8,10-14H2,1-3H3,(H,23,25)/t18-,19+,21+,22+/m0/s1. The number of likely N-dealkylation sites (tertiary alicyclic amines) is 1. The Morgan fingerprint density at radius 1 is 1.43 bits per heavy atom. The van der Waals surface area contributed by atoms with E-state index in [1.54, 1.807) is 14.0 Å². The molecule has 3 heterocycles. The van der Waals surface area contributed by atoms with Crippen LogP contribution in [-0.2, 0) is 27.4 Å². The van der Waals surface area contributed by atoms with Gasteiger partial charge in [0.1, 0.15) is 5.75 Å². The van der Waals surface area contributed by atoms with Crippen molar-refractivity contribution in [1.29, 1.82) is 0 Å². The Morgan fingerprint density at radius 2 is 2.29 bits per heavy atom. The fraction of sp³-hybridized carbons (Fsp3) is 0.682. The Labute approximate surface area is 167 Å². The van der Waals surface area contributed by atoms with Crippen LogP contribution in [0.15, 0.2) is 18.2 Å². The average Bonchev–Trinajstić information content (AvgIpc) is 3.32. The molecule has 1 spiro atoms. The lowest BCUT2D eigenvalue weighted by Gasteiger charge is -2.29. The summed E-state index contributed by atoms with van der Waals surface area (Å²) in [4.78, 5) is 13.9. The van der Waals surface area contributed by atoms with E-state index in [0.29, 0.717) is 31.2 Å². The molecule has 6 heteroatoms. The third-order valence-electron chi connectivity index (χ3n) is 6.65. The molecule has 3 aliphatic rings. The van der Waals surface area contributed by atoms with Gasteiger partial charge in [-0.2, -0.15) is 0 Å². The van der Waals surface area contributed by atoms with Gasteiger partial charge < -0.3 is 19.5 Å². The quantitative estimate of drug-likeness (QED) is 0.741. The fourth-order valence-corrected chi connectivity index (χ4v) is 5.46. The molecule has 4 atom stereocenters. The number of hydrogen-bond donors (Lipinski definition) is 1. The van der Waals surface area contributed by atoms with Gasteiger partial charge in [0.25, 0.3) is 0 Å². The zero-order valence-electron chi connectivity index (χ0n) is 17.2. The van der Waals surface area contributed by atoms with E-state index < -0.39 is 0 Å². The number of nitrogens with one attached hydrogen (secondary N) is 1. The summed E-state index contributed by atoms with van der Waals surface area (Å²) in [6.45, 7) is 8.52. The maximum Gasteiger partial charge on any atom is 0.216 e. The van der Waals surface area contributed by atoms with Crippen LogP contribution in [0.3, 0.4) is 0 Å². The van der Waals surface area contributed by atoms with Crippen molar-refractivity contribution in [2.24, 2.45) is 11.8 Å². The number of carbonyl (C=O) groups excluding carboxylic acids is 1. The van der Waals surface area contributed by atoms with Crippen LogP contribution in [0.4, 0.5) is 0 Å². The van der Waals surface area contributed by atoms with Crippen LogP contribution in [0.1, 0.15) is 37.8 Å². The molecule has 1 N–H and O–H groups in total. The van der Waals surface area contributed by atoms with Crippen molar-refractivity contribution in [3.05, 3.63) is 29.3 Å². The number of benzene rings is 1. The van der Waals surface area contributed by atoms with E-state index in [1.807, 2.05) is 13.0 Å². The molecule has 154 valence electrons. The predicted octanol–water partition coefficient (Wildman–Crippen LogP) is 2.35. The van der Waals surface area contributed by atoms with Crippen LogP contribution < -0.4 is 10.1 Å². The Morgan fingerprint density at radius 3 is 3.04 bits per heavy atom. The Hall–Kier alpha value is -1.63. The second-order valence-corrected chi connectivity index (χ2v) is 8.42. The Balaban J connectivity index is 1.44. The molecule has 3 aliphatic heterocycles. The van der Waals surface area contributed by atoms with Gasteiger partial charge in [0, 0.05) is 57.1 Å². The highest BCUT2D eigenvalue weighted by molar-refractivity contribution is 5.72. The molecule has 0 aromatic heterocycles. The highest BCUT2D eigenvalue weighted by Gasteiger charge is 2.62. The summed E-state index contributed by atoms with van der Waals surface area (Å²) >= 11 is 0. The molecule has 3 fully saturated rings. The number of methoxy groups -OCH3 is 1. The van der Waals surface area contributed by atoms with Crippen LogP contribution in [-0.4, -0.2) is 55.9 Å². The second-order valence-electron chi connectivity index (χ2n) is 8.42. The van der Waals surface area contributed by atoms with Crippen molar-refractivity contribution < 1.29 is 19.0 Å². The minimum Gasteiger partial charge on any atom is -0.496 e. The minimum absolute atomic E-state index is 0.00553. The van der Waals surface area contributed by atoms with Crippen molar-refractivity contribution >= 4 is 5.91 Å². The molecule has 4 rings (SSSR count). The molecule has 0 aliphatic carbocycles. The molecule has 1 aromatic carbocycles. The first-order chi connectivity index (χ1) is 13.5. The van der Waals surface area contributed by atoms with Gasteiger partial charge in [-0.3, -0.25) is 9.69 Å². The molecular weight excluding hydrogens is 356 g/mol. The molecule has 28 heavy (non-hydrogen) atoms. The number of amides is 1. The number of nitrogens with zero attached hydrogens (tertiary/aromatic N) is 1. The Kier molecular flexibility index (Phi) is 5.63. The average molecular weight is 389 g/mol. The zero-order chi connectivity index (χ0) is 19.7. The summed E-state index contributed by atoms with van der Waals surface area (Å²) in [5.74, 6) is 1.88. The van der Waals surface area contributed by atoms with Crippen LogP contribution in [0.25, 0.3) is 0 Å². The topological polar surface area (TPSA) is 60.0 Å². The molecule has 0 unspecified atom stereocenters. The fourth-order valence-electron chi connectivity index (χ4n) is 5.46. The molecule has 2 bridgehead atoms. The summed E-state index contributed by atoms with van der Waals surface area (Å²) in [6, 6.07) is 6.39.